The van der Waals surface area contributed by atoms with E-state index in [-0.39, 0.29) is 23.5 Å². The molecule has 5 nitrogen and oxygen atoms in total. The van der Waals surface area contributed by atoms with Crippen LogP contribution in [0.3, 0.4) is 0 Å². The summed E-state index contributed by atoms with van der Waals surface area (Å²) in [5.41, 5.74) is 2.43. The van der Waals surface area contributed by atoms with Crippen molar-refractivity contribution in [2.75, 3.05) is 32.1 Å². The highest BCUT2D eigenvalue weighted by atomic mass is 32.2. The average Bonchev–Trinajstić information content (AvgIpc) is 2.88. The van der Waals surface area contributed by atoms with Crippen molar-refractivity contribution in [1.29, 1.82) is 0 Å². The Hall–Kier alpha value is -1.40. The lowest BCUT2D eigenvalue weighted by atomic mass is 10.0. The number of hydrogen-bond donors (Lipinski definition) is 1. The lowest BCUT2D eigenvalue weighted by Crippen LogP contribution is -2.38. The van der Waals surface area contributed by atoms with E-state index in [2.05, 4.69) is 41.4 Å². The molecule has 23 heavy (non-hydrogen) atoms. The third-order valence-corrected chi connectivity index (χ3v) is 6.24. The number of benzene rings is 1. The fourth-order valence-electron chi connectivity index (χ4n) is 2.92. The average molecular weight is 338 g/mol. The molecule has 0 spiro atoms. The number of sulfone groups is 1. The van der Waals surface area contributed by atoms with E-state index in [0.29, 0.717) is 13.0 Å². The molecule has 1 aliphatic rings. The highest BCUT2D eigenvalue weighted by Gasteiger charge is 2.33. The van der Waals surface area contributed by atoms with Crippen LogP contribution in [-0.4, -0.2) is 51.4 Å². The molecule has 1 aliphatic heterocycles. The number of carbonyl (C=O) groups is 1. The summed E-state index contributed by atoms with van der Waals surface area (Å²) in [6.07, 6.45) is 1.44. The molecule has 1 N–H and O–H groups in total. The predicted octanol–water partition coefficient (Wildman–Crippen LogP) is 1.40. The van der Waals surface area contributed by atoms with Gasteiger partial charge in [0.25, 0.3) is 0 Å². The van der Waals surface area contributed by atoms with Crippen molar-refractivity contribution in [3.8, 4) is 0 Å². The summed E-state index contributed by atoms with van der Waals surface area (Å²) >= 11 is 0. The molecule has 1 heterocycles. The number of nitrogens with zero attached hydrogens (tertiary/aromatic N) is 1. The smallest absolute Gasteiger partial charge is 0.224 e. The Balaban J connectivity index is 1.98. The van der Waals surface area contributed by atoms with Crippen molar-refractivity contribution in [1.82, 2.24) is 10.2 Å². The topological polar surface area (TPSA) is 66.5 Å². The van der Waals surface area contributed by atoms with Gasteiger partial charge in [0.15, 0.2) is 9.84 Å². The first-order valence-corrected chi connectivity index (χ1v) is 9.88. The van der Waals surface area contributed by atoms with Gasteiger partial charge in [-0.1, -0.05) is 31.2 Å². The van der Waals surface area contributed by atoms with E-state index in [4.69, 9.17) is 0 Å². The van der Waals surface area contributed by atoms with Crippen LogP contribution in [0, 0.1) is 5.92 Å². The monoisotopic (exact) mass is 338 g/mol. The van der Waals surface area contributed by atoms with Crippen LogP contribution in [0.15, 0.2) is 24.3 Å². The maximum atomic E-state index is 12.2. The summed E-state index contributed by atoms with van der Waals surface area (Å²) < 4.78 is 23.0. The maximum Gasteiger partial charge on any atom is 0.224 e. The lowest BCUT2D eigenvalue weighted by molar-refractivity contribution is -0.124. The second-order valence-corrected chi connectivity index (χ2v) is 8.65. The van der Waals surface area contributed by atoms with Gasteiger partial charge in [0.2, 0.25) is 5.91 Å². The summed E-state index contributed by atoms with van der Waals surface area (Å²) in [7, 11) is 0.927. The van der Waals surface area contributed by atoms with Gasteiger partial charge in [0, 0.05) is 6.54 Å². The minimum atomic E-state index is -3.03. The molecule has 0 aliphatic carbocycles. The number of nitrogens with one attached hydrogen (secondary N) is 1. The van der Waals surface area contributed by atoms with Crippen LogP contribution < -0.4 is 5.32 Å². The van der Waals surface area contributed by atoms with Gasteiger partial charge in [0.1, 0.15) is 0 Å². The van der Waals surface area contributed by atoms with Crippen molar-refractivity contribution >= 4 is 15.7 Å². The molecule has 2 atom stereocenters. The molecule has 0 aromatic heterocycles. The number of aryl methyl sites for hydroxylation is 1. The van der Waals surface area contributed by atoms with E-state index >= 15 is 0 Å². The molecule has 1 aromatic carbocycles. The predicted molar refractivity (Wildman–Crippen MR) is 92.0 cm³/mol. The summed E-state index contributed by atoms with van der Waals surface area (Å²) in [6, 6.07) is 8.47. The second kappa shape index (κ2) is 7.45. The zero-order valence-electron chi connectivity index (χ0n) is 14.1. The number of carbonyl (C=O) groups excluding carboxylic acids is 1. The van der Waals surface area contributed by atoms with Gasteiger partial charge < -0.3 is 10.2 Å². The molecule has 1 amide bonds. The number of rotatable bonds is 6. The third kappa shape index (κ3) is 4.78. The van der Waals surface area contributed by atoms with Crippen LogP contribution in [0.25, 0.3) is 0 Å². The number of likely N-dealkylation sites (N-methyl/N-ethyl adjacent to an activating group) is 1. The molecule has 2 rings (SSSR count). The Kier molecular flexibility index (Phi) is 5.81. The van der Waals surface area contributed by atoms with Crippen molar-refractivity contribution in [3.05, 3.63) is 35.4 Å². The number of hydrogen-bond acceptors (Lipinski definition) is 4. The Morgan fingerprint density at radius 1 is 1.30 bits per heavy atom. The molecular formula is C17H26N2O3S. The van der Waals surface area contributed by atoms with E-state index in [1.807, 2.05) is 14.1 Å². The molecule has 0 bridgehead atoms. The van der Waals surface area contributed by atoms with E-state index < -0.39 is 15.8 Å². The zero-order chi connectivity index (χ0) is 17.0. The van der Waals surface area contributed by atoms with Crippen LogP contribution >= 0.6 is 0 Å². The minimum Gasteiger partial charge on any atom is -0.354 e. The minimum absolute atomic E-state index is 0.0172. The Morgan fingerprint density at radius 3 is 2.43 bits per heavy atom. The fourth-order valence-corrected chi connectivity index (χ4v) is 4.66. The van der Waals surface area contributed by atoms with E-state index in [1.165, 1.54) is 5.56 Å². The first-order valence-electron chi connectivity index (χ1n) is 8.06. The van der Waals surface area contributed by atoms with E-state index in [1.54, 1.807) is 0 Å². The molecule has 2 unspecified atom stereocenters. The molecule has 128 valence electrons. The van der Waals surface area contributed by atoms with E-state index in [9.17, 15) is 13.2 Å². The summed E-state index contributed by atoms with van der Waals surface area (Å²) in [6.45, 7) is 2.60. The largest absolute Gasteiger partial charge is 0.354 e. The third-order valence-electron chi connectivity index (χ3n) is 4.47. The van der Waals surface area contributed by atoms with Gasteiger partial charge in [-0.3, -0.25) is 4.79 Å². The molecule has 1 fully saturated rings. The molecular weight excluding hydrogens is 312 g/mol. The van der Waals surface area contributed by atoms with Gasteiger partial charge >= 0.3 is 0 Å². The van der Waals surface area contributed by atoms with Crippen molar-refractivity contribution in [3.63, 3.8) is 0 Å². The normalized spacial score (nSPS) is 21.3. The highest BCUT2D eigenvalue weighted by Crippen LogP contribution is 2.21. The fraction of sp³-hybridized carbons (Fsp3) is 0.588. The molecule has 0 radical (unpaired) electrons. The molecule has 6 heteroatoms. The Bertz CT molecular complexity index is 638. The maximum absolute atomic E-state index is 12.2. The van der Waals surface area contributed by atoms with E-state index in [0.717, 1.165) is 12.0 Å². The highest BCUT2D eigenvalue weighted by molar-refractivity contribution is 7.91. The van der Waals surface area contributed by atoms with Crippen LogP contribution in [0.4, 0.5) is 0 Å². The zero-order valence-corrected chi connectivity index (χ0v) is 14.9. The second-order valence-electron chi connectivity index (χ2n) is 6.42. The van der Waals surface area contributed by atoms with Crippen LogP contribution in [-0.2, 0) is 21.1 Å². The SMILES string of the molecule is CCc1ccc(C(CNC(=O)C2CCS(=O)(=O)C2)N(C)C)cc1. The van der Waals surface area contributed by atoms with Crippen LogP contribution in [0.5, 0.6) is 0 Å². The quantitative estimate of drug-likeness (QED) is 0.851. The van der Waals surface area contributed by atoms with Crippen molar-refractivity contribution in [2.45, 2.75) is 25.8 Å². The van der Waals surface area contributed by atoms with Gasteiger partial charge in [0.05, 0.1) is 23.5 Å². The standard InChI is InChI=1S/C17H26N2O3S/c1-4-13-5-7-14(8-6-13)16(19(2)3)11-18-17(20)15-9-10-23(21,22)12-15/h5-8,15-16H,4,9-12H2,1-3H3,(H,18,20). The van der Waals surface area contributed by atoms with Gasteiger partial charge in [-0.15, -0.1) is 0 Å². The van der Waals surface area contributed by atoms with Gasteiger partial charge in [-0.05, 0) is 38.1 Å². The number of amides is 1. The lowest BCUT2D eigenvalue weighted by Gasteiger charge is -2.26. The van der Waals surface area contributed by atoms with Crippen LogP contribution in [0.1, 0.15) is 30.5 Å². The molecule has 1 aromatic rings. The Labute approximate surface area is 139 Å². The van der Waals surface area contributed by atoms with Gasteiger partial charge in [-0.25, -0.2) is 8.42 Å². The van der Waals surface area contributed by atoms with Crippen molar-refractivity contribution < 1.29 is 13.2 Å². The molecule has 0 saturated carbocycles. The summed E-state index contributed by atoms with van der Waals surface area (Å²) in [5, 5.41) is 2.93. The Morgan fingerprint density at radius 2 is 1.96 bits per heavy atom. The first kappa shape index (κ1) is 17.9. The summed E-state index contributed by atoms with van der Waals surface area (Å²) in [5.74, 6) is -0.439. The molecule has 1 saturated heterocycles. The van der Waals surface area contributed by atoms with Crippen molar-refractivity contribution in [2.24, 2.45) is 5.92 Å². The van der Waals surface area contributed by atoms with Gasteiger partial charge in [-0.2, -0.15) is 0 Å². The van der Waals surface area contributed by atoms with Crippen LogP contribution in [0.2, 0.25) is 0 Å². The first-order chi connectivity index (χ1) is 10.8. The summed E-state index contributed by atoms with van der Waals surface area (Å²) in [4.78, 5) is 14.3.